The van der Waals surface area contributed by atoms with Crippen molar-refractivity contribution in [2.45, 2.75) is 20.8 Å². The number of nitrogens with one attached hydrogen (secondary N) is 1. The highest BCUT2D eigenvalue weighted by Gasteiger charge is 2.14. The summed E-state index contributed by atoms with van der Waals surface area (Å²) in [6.07, 6.45) is 0. The predicted molar refractivity (Wildman–Crippen MR) is 88.4 cm³/mol. The van der Waals surface area contributed by atoms with Crippen molar-refractivity contribution in [2.75, 3.05) is 18.5 Å². The van der Waals surface area contributed by atoms with Gasteiger partial charge in [-0.1, -0.05) is 32.0 Å². The first kappa shape index (κ1) is 15.9. The number of anilines is 2. The number of para-hydroxylation sites is 1. The van der Waals surface area contributed by atoms with Gasteiger partial charge in [-0.05, 0) is 31.0 Å². The molecule has 0 aliphatic carbocycles. The fourth-order valence-corrected chi connectivity index (χ4v) is 1.97. The monoisotopic (exact) mass is 298 g/mol. The number of amides is 1. The summed E-state index contributed by atoms with van der Waals surface area (Å²) in [6.45, 7) is 6.61. The number of nitrogens with zero attached hydrogens (tertiary/aromatic N) is 3. The molecule has 0 aliphatic heterocycles. The quantitative estimate of drug-likeness (QED) is 0.922. The van der Waals surface area contributed by atoms with Gasteiger partial charge in [0.2, 0.25) is 5.95 Å². The molecule has 0 saturated heterocycles. The van der Waals surface area contributed by atoms with Crippen LogP contribution in [-0.4, -0.2) is 29.5 Å². The highest BCUT2D eigenvalue weighted by molar-refractivity contribution is 5.92. The summed E-state index contributed by atoms with van der Waals surface area (Å²) >= 11 is 0. The van der Waals surface area contributed by atoms with E-state index in [1.54, 1.807) is 6.07 Å². The lowest BCUT2D eigenvalue weighted by Gasteiger charge is -2.18. The minimum absolute atomic E-state index is 0.165. The Kier molecular flexibility index (Phi) is 5.09. The van der Waals surface area contributed by atoms with Crippen molar-refractivity contribution in [3.05, 3.63) is 47.8 Å². The zero-order chi connectivity index (χ0) is 16.1. The molecule has 1 heterocycles. The third kappa shape index (κ3) is 4.04. The van der Waals surface area contributed by atoms with Gasteiger partial charge < -0.3 is 10.2 Å². The van der Waals surface area contributed by atoms with Crippen molar-refractivity contribution in [3.8, 4) is 0 Å². The topological polar surface area (TPSA) is 58.1 Å². The molecule has 1 aromatic carbocycles. The molecule has 0 spiro atoms. The lowest BCUT2D eigenvalue weighted by atomic mass is 10.2. The fraction of sp³-hybridized carbons (Fsp3) is 0.353. The summed E-state index contributed by atoms with van der Waals surface area (Å²) < 4.78 is 0. The van der Waals surface area contributed by atoms with Crippen molar-refractivity contribution in [3.63, 3.8) is 0 Å². The van der Waals surface area contributed by atoms with Crippen molar-refractivity contribution in [1.82, 2.24) is 15.3 Å². The van der Waals surface area contributed by atoms with Crippen molar-refractivity contribution >= 4 is 17.5 Å². The van der Waals surface area contributed by atoms with Crippen LogP contribution in [0, 0.1) is 12.8 Å². The fourth-order valence-electron chi connectivity index (χ4n) is 1.97. The summed E-state index contributed by atoms with van der Waals surface area (Å²) in [5, 5.41) is 2.88. The average Bonchev–Trinajstić information content (AvgIpc) is 2.52. The Labute approximate surface area is 131 Å². The van der Waals surface area contributed by atoms with Crippen LogP contribution in [0.2, 0.25) is 0 Å². The lowest BCUT2D eigenvalue weighted by molar-refractivity contribution is 0.0944. The molecule has 0 aliphatic rings. The Hall–Kier alpha value is -2.43. The Morgan fingerprint density at radius 2 is 1.91 bits per heavy atom. The molecular weight excluding hydrogens is 276 g/mol. The molecule has 1 amide bonds. The van der Waals surface area contributed by atoms with Gasteiger partial charge in [0.05, 0.1) is 0 Å². The molecule has 5 nitrogen and oxygen atoms in total. The average molecular weight is 298 g/mol. The van der Waals surface area contributed by atoms with Gasteiger partial charge in [-0.2, -0.15) is 0 Å². The number of hydrogen-bond acceptors (Lipinski definition) is 4. The minimum atomic E-state index is -0.165. The Balaban J connectivity index is 2.25. The van der Waals surface area contributed by atoms with E-state index in [9.17, 15) is 4.79 Å². The van der Waals surface area contributed by atoms with E-state index in [4.69, 9.17) is 0 Å². The Morgan fingerprint density at radius 3 is 2.55 bits per heavy atom. The molecule has 0 atom stereocenters. The third-order valence-corrected chi connectivity index (χ3v) is 3.19. The zero-order valence-electron chi connectivity index (χ0n) is 13.5. The molecule has 0 saturated carbocycles. The van der Waals surface area contributed by atoms with Gasteiger partial charge >= 0.3 is 0 Å². The summed E-state index contributed by atoms with van der Waals surface area (Å²) in [5.74, 6) is 0.751. The second-order valence-corrected chi connectivity index (χ2v) is 5.69. The molecule has 2 rings (SSSR count). The van der Waals surface area contributed by atoms with Gasteiger partial charge in [-0.25, -0.2) is 9.97 Å². The van der Waals surface area contributed by atoms with Crippen LogP contribution in [0.5, 0.6) is 0 Å². The number of rotatable bonds is 5. The van der Waals surface area contributed by atoms with Crippen LogP contribution in [0.25, 0.3) is 0 Å². The molecular formula is C17H22N4O. The van der Waals surface area contributed by atoms with E-state index >= 15 is 0 Å². The van der Waals surface area contributed by atoms with Crippen molar-refractivity contribution in [2.24, 2.45) is 5.92 Å². The number of hydrogen-bond donors (Lipinski definition) is 1. The Bertz CT molecular complexity index is 640. The predicted octanol–water partition coefficient (Wildman–Crippen LogP) is 2.94. The summed E-state index contributed by atoms with van der Waals surface area (Å²) in [7, 11) is 1.89. The van der Waals surface area contributed by atoms with Crippen LogP contribution in [0.3, 0.4) is 0 Å². The second kappa shape index (κ2) is 7.02. The van der Waals surface area contributed by atoms with E-state index in [-0.39, 0.29) is 5.91 Å². The molecule has 0 unspecified atom stereocenters. The molecule has 2 aromatic rings. The van der Waals surface area contributed by atoms with Crippen LogP contribution in [-0.2, 0) is 0 Å². The number of aryl methyl sites for hydroxylation is 1. The largest absolute Gasteiger partial charge is 0.350 e. The van der Waals surface area contributed by atoms with E-state index < -0.39 is 0 Å². The van der Waals surface area contributed by atoms with Crippen LogP contribution >= 0.6 is 0 Å². The van der Waals surface area contributed by atoms with Gasteiger partial charge in [-0.3, -0.25) is 4.79 Å². The van der Waals surface area contributed by atoms with E-state index in [0.29, 0.717) is 24.1 Å². The second-order valence-electron chi connectivity index (χ2n) is 5.69. The molecule has 1 N–H and O–H groups in total. The van der Waals surface area contributed by atoms with E-state index in [2.05, 4.69) is 29.1 Å². The number of carbonyl (C=O) groups is 1. The van der Waals surface area contributed by atoms with Gasteiger partial charge in [0, 0.05) is 25.0 Å². The zero-order valence-corrected chi connectivity index (χ0v) is 13.5. The molecule has 0 fully saturated rings. The SMILES string of the molecule is Cc1cc(C(=O)NCC(C)C)nc(N(C)c2ccccc2)n1. The first-order chi connectivity index (χ1) is 10.5. The van der Waals surface area contributed by atoms with Crippen LogP contribution in [0.4, 0.5) is 11.6 Å². The summed E-state index contributed by atoms with van der Waals surface area (Å²) in [6, 6.07) is 11.5. The first-order valence-electron chi connectivity index (χ1n) is 7.40. The Morgan fingerprint density at radius 1 is 1.23 bits per heavy atom. The first-order valence-corrected chi connectivity index (χ1v) is 7.40. The smallest absolute Gasteiger partial charge is 0.270 e. The van der Waals surface area contributed by atoms with Crippen LogP contribution in [0.1, 0.15) is 30.0 Å². The maximum atomic E-state index is 12.2. The highest BCUT2D eigenvalue weighted by Crippen LogP contribution is 2.20. The molecule has 116 valence electrons. The van der Waals surface area contributed by atoms with Crippen LogP contribution in [0.15, 0.2) is 36.4 Å². The third-order valence-electron chi connectivity index (χ3n) is 3.19. The van der Waals surface area contributed by atoms with Crippen LogP contribution < -0.4 is 10.2 Å². The minimum Gasteiger partial charge on any atom is -0.350 e. The van der Waals surface area contributed by atoms with E-state index in [1.807, 2.05) is 49.2 Å². The molecule has 5 heteroatoms. The normalized spacial score (nSPS) is 10.6. The standard InChI is InChI=1S/C17H22N4O/c1-12(2)11-18-16(22)15-10-13(3)19-17(20-15)21(4)14-8-6-5-7-9-14/h5-10,12H,11H2,1-4H3,(H,18,22). The van der Waals surface area contributed by atoms with Gasteiger partial charge in [0.25, 0.3) is 5.91 Å². The molecule has 1 aromatic heterocycles. The number of carbonyl (C=O) groups excluding carboxylic acids is 1. The lowest BCUT2D eigenvalue weighted by Crippen LogP contribution is -2.29. The van der Waals surface area contributed by atoms with Gasteiger partial charge in [-0.15, -0.1) is 0 Å². The maximum absolute atomic E-state index is 12.2. The molecule has 22 heavy (non-hydrogen) atoms. The summed E-state index contributed by atoms with van der Waals surface area (Å²) in [5.41, 5.74) is 2.13. The number of aromatic nitrogens is 2. The molecule has 0 bridgehead atoms. The van der Waals surface area contributed by atoms with E-state index in [1.165, 1.54) is 0 Å². The molecule has 0 radical (unpaired) electrons. The van der Waals surface area contributed by atoms with Gasteiger partial charge in [0.1, 0.15) is 5.69 Å². The van der Waals surface area contributed by atoms with E-state index in [0.717, 1.165) is 11.4 Å². The highest BCUT2D eigenvalue weighted by atomic mass is 16.1. The van der Waals surface area contributed by atoms with Gasteiger partial charge in [0.15, 0.2) is 0 Å². The maximum Gasteiger partial charge on any atom is 0.270 e. The summed E-state index contributed by atoms with van der Waals surface area (Å²) in [4.78, 5) is 22.9. The van der Waals surface area contributed by atoms with Crippen molar-refractivity contribution in [1.29, 1.82) is 0 Å². The number of benzene rings is 1. The van der Waals surface area contributed by atoms with Crippen molar-refractivity contribution < 1.29 is 4.79 Å².